The molecule has 0 aliphatic rings. The van der Waals surface area contributed by atoms with E-state index < -0.39 is 13.5 Å². The maximum atomic E-state index is 11.7. The first-order valence-electron chi connectivity index (χ1n) is 7.21. The fourth-order valence-electron chi connectivity index (χ4n) is 1.76. The molecule has 2 aromatic rings. The van der Waals surface area contributed by atoms with Crippen LogP contribution in [-0.4, -0.2) is 42.4 Å². The van der Waals surface area contributed by atoms with E-state index in [2.05, 4.69) is 4.74 Å². The Morgan fingerprint density at radius 1 is 0.920 bits per heavy atom. The Balaban J connectivity index is 0.000000257. The maximum Gasteiger partial charge on any atom is 0.573 e. The normalized spacial score (nSPS) is 10.5. The number of ether oxygens (including phenoxy) is 2. The quantitative estimate of drug-likeness (QED) is 0.706. The highest BCUT2D eigenvalue weighted by atomic mass is 19.4. The van der Waals surface area contributed by atoms with Crippen molar-refractivity contribution in [2.24, 2.45) is 0 Å². The molecule has 0 spiro atoms. The molecule has 0 atom stereocenters. The lowest BCUT2D eigenvalue weighted by molar-refractivity contribution is -0.274. The SMILES string of the molecule is COc1ccc(B(O)O)cc1.OCCc1ccc(OC(F)(F)F)cc1. The van der Waals surface area contributed by atoms with Crippen LogP contribution in [0, 0.1) is 0 Å². The molecule has 9 heteroatoms. The summed E-state index contributed by atoms with van der Waals surface area (Å²) < 4.78 is 43.7. The van der Waals surface area contributed by atoms with Crippen molar-refractivity contribution in [1.82, 2.24) is 0 Å². The molecular formula is C16H18BF3O5. The highest BCUT2D eigenvalue weighted by molar-refractivity contribution is 6.58. The number of methoxy groups -OCH3 is 1. The van der Waals surface area contributed by atoms with Gasteiger partial charge in [0.05, 0.1) is 7.11 Å². The molecule has 136 valence electrons. The molecule has 3 N–H and O–H groups in total. The number of alkyl halides is 3. The van der Waals surface area contributed by atoms with E-state index in [9.17, 15) is 13.2 Å². The second-order valence-electron chi connectivity index (χ2n) is 4.81. The lowest BCUT2D eigenvalue weighted by Gasteiger charge is -2.08. The highest BCUT2D eigenvalue weighted by Crippen LogP contribution is 2.22. The van der Waals surface area contributed by atoms with Crippen molar-refractivity contribution in [1.29, 1.82) is 0 Å². The molecule has 2 rings (SSSR count). The molecule has 0 radical (unpaired) electrons. The van der Waals surface area contributed by atoms with E-state index in [4.69, 9.17) is 19.9 Å². The van der Waals surface area contributed by atoms with Gasteiger partial charge in [-0.05, 0) is 41.7 Å². The summed E-state index contributed by atoms with van der Waals surface area (Å²) in [5.74, 6) is 0.452. The van der Waals surface area contributed by atoms with Gasteiger partial charge in [0.25, 0.3) is 0 Å². The van der Waals surface area contributed by atoms with Crippen LogP contribution in [0.5, 0.6) is 11.5 Å². The molecule has 0 aromatic heterocycles. The van der Waals surface area contributed by atoms with E-state index in [0.29, 0.717) is 17.6 Å². The summed E-state index contributed by atoms with van der Waals surface area (Å²) in [6, 6.07) is 12.0. The van der Waals surface area contributed by atoms with Crippen LogP contribution in [0.25, 0.3) is 0 Å². The first-order chi connectivity index (χ1) is 11.7. The third kappa shape index (κ3) is 8.43. The lowest BCUT2D eigenvalue weighted by Crippen LogP contribution is -2.29. The number of benzene rings is 2. The van der Waals surface area contributed by atoms with Crippen LogP contribution in [0.3, 0.4) is 0 Å². The van der Waals surface area contributed by atoms with Crippen molar-refractivity contribution in [3.8, 4) is 11.5 Å². The van der Waals surface area contributed by atoms with Gasteiger partial charge in [-0.2, -0.15) is 0 Å². The molecule has 0 saturated heterocycles. The van der Waals surface area contributed by atoms with Crippen molar-refractivity contribution >= 4 is 12.6 Å². The Morgan fingerprint density at radius 3 is 1.84 bits per heavy atom. The molecule has 0 bridgehead atoms. The molecule has 0 heterocycles. The van der Waals surface area contributed by atoms with Crippen LogP contribution < -0.4 is 14.9 Å². The molecule has 0 aliphatic carbocycles. The second-order valence-corrected chi connectivity index (χ2v) is 4.81. The summed E-state index contributed by atoms with van der Waals surface area (Å²) in [6.45, 7) is -0.0283. The predicted molar refractivity (Wildman–Crippen MR) is 86.7 cm³/mol. The third-order valence-electron chi connectivity index (χ3n) is 2.97. The van der Waals surface area contributed by atoms with Crippen LogP contribution >= 0.6 is 0 Å². The van der Waals surface area contributed by atoms with Crippen LogP contribution in [0.1, 0.15) is 5.56 Å². The summed E-state index contributed by atoms with van der Waals surface area (Å²) in [5, 5.41) is 26.0. The lowest BCUT2D eigenvalue weighted by atomic mass is 9.80. The van der Waals surface area contributed by atoms with Gasteiger partial charge in [-0.15, -0.1) is 13.2 Å². The number of hydrogen-bond donors (Lipinski definition) is 3. The summed E-state index contributed by atoms with van der Waals surface area (Å²) in [4.78, 5) is 0. The molecule has 2 aromatic carbocycles. The summed E-state index contributed by atoms with van der Waals surface area (Å²) in [5.41, 5.74) is 1.23. The minimum atomic E-state index is -4.65. The van der Waals surface area contributed by atoms with E-state index in [1.54, 1.807) is 31.4 Å². The van der Waals surface area contributed by atoms with Crippen molar-refractivity contribution in [3.63, 3.8) is 0 Å². The number of halogens is 3. The van der Waals surface area contributed by atoms with E-state index >= 15 is 0 Å². The third-order valence-corrected chi connectivity index (χ3v) is 2.97. The largest absolute Gasteiger partial charge is 0.573 e. The fourth-order valence-corrected chi connectivity index (χ4v) is 1.76. The number of rotatable bonds is 5. The summed E-state index contributed by atoms with van der Waals surface area (Å²) in [6.07, 6.45) is -4.23. The van der Waals surface area contributed by atoms with Crippen LogP contribution in [-0.2, 0) is 6.42 Å². The van der Waals surface area contributed by atoms with Gasteiger partial charge in [0.1, 0.15) is 11.5 Å². The minimum absolute atomic E-state index is 0.0283. The first kappa shape index (κ1) is 20.8. The van der Waals surface area contributed by atoms with Gasteiger partial charge in [0.15, 0.2) is 0 Å². The van der Waals surface area contributed by atoms with Crippen molar-refractivity contribution < 1.29 is 37.8 Å². The molecule has 0 aliphatic heterocycles. The average molecular weight is 358 g/mol. The smallest absolute Gasteiger partial charge is 0.497 e. The van der Waals surface area contributed by atoms with Gasteiger partial charge in [-0.25, -0.2) is 0 Å². The van der Waals surface area contributed by atoms with E-state index in [-0.39, 0.29) is 12.4 Å². The molecular weight excluding hydrogens is 340 g/mol. The van der Waals surface area contributed by atoms with Gasteiger partial charge in [0, 0.05) is 6.61 Å². The number of aliphatic hydroxyl groups is 1. The fraction of sp³-hybridized carbons (Fsp3) is 0.250. The monoisotopic (exact) mass is 358 g/mol. The highest BCUT2D eigenvalue weighted by Gasteiger charge is 2.30. The van der Waals surface area contributed by atoms with E-state index in [1.807, 2.05) is 0 Å². The van der Waals surface area contributed by atoms with Crippen molar-refractivity contribution in [2.45, 2.75) is 12.8 Å². The molecule has 0 saturated carbocycles. The Morgan fingerprint density at radius 2 is 1.44 bits per heavy atom. The van der Waals surface area contributed by atoms with Crippen LogP contribution in [0.4, 0.5) is 13.2 Å². The Labute approximate surface area is 143 Å². The minimum Gasteiger partial charge on any atom is -0.497 e. The Bertz CT molecular complexity index is 615. The summed E-state index contributed by atoms with van der Waals surface area (Å²) >= 11 is 0. The first-order valence-corrected chi connectivity index (χ1v) is 7.21. The molecule has 25 heavy (non-hydrogen) atoms. The van der Waals surface area contributed by atoms with Gasteiger partial charge in [-0.3, -0.25) is 0 Å². The molecule has 5 nitrogen and oxygen atoms in total. The maximum absolute atomic E-state index is 11.7. The van der Waals surface area contributed by atoms with E-state index in [1.165, 1.54) is 24.3 Å². The van der Waals surface area contributed by atoms with Crippen molar-refractivity contribution in [2.75, 3.05) is 13.7 Å². The predicted octanol–water partition coefficient (Wildman–Crippen LogP) is 1.49. The van der Waals surface area contributed by atoms with Gasteiger partial charge in [0.2, 0.25) is 0 Å². The van der Waals surface area contributed by atoms with Gasteiger partial charge >= 0.3 is 13.5 Å². The topological polar surface area (TPSA) is 79.2 Å². The van der Waals surface area contributed by atoms with Gasteiger partial charge < -0.3 is 24.6 Å². The second kappa shape index (κ2) is 9.92. The molecule has 0 amide bonds. The zero-order chi connectivity index (χ0) is 18.9. The number of hydrogen-bond acceptors (Lipinski definition) is 5. The van der Waals surface area contributed by atoms with Crippen LogP contribution in [0.15, 0.2) is 48.5 Å². The Hall–Kier alpha value is -2.23. The zero-order valence-corrected chi connectivity index (χ0v) is 13.4. The summed E-state index contributed by atoms with van der Waals surface area (Å²) in [7, 11) is 0.158. The number of aliphatic hydroxyl groups excluding tert-OH is 1. The van der Waals surface area contributed by atoms with Crippen molar-refractivity contribution in [3.05, 3.63) is 54.1 Å². The standard InChI is InChI=1S/C9H9F3O2.C7H9BO3/c10-9(11,12)14-8-3-1-7(2-4-8)5-6-13;1-11-7-4-2-6(3-5-7)8(9)10/h1-4,13H,5-6H2;2-5,9-10H,1H3. The van der Waals surface area contributed by atoms with E-state index in [0.717, 1.165) is 5.56 Å². The van der Waals surface area contributed by atoms with Crippen LogP contribution in [0.2, 0.25) is 0 Å². The molecule has 0 fully saturated rings. The Kier molecular flexibility index (Phi) is 8.26. The van der Waals surface area contributed by atoms with Gasteiger partial charge in [-0.1, -0.05) is 24.3 Å². The average Bonchev–Trinajstić information content (AvgIpc) is 2.56. The molecule has 0 unspecified atom stereocenters. The zero-order valence-electron chi connectivity index (χ0n) is 13.4.